The predicted octanol–water partition coefficient (Wildman–Crippen LogP) is 4.25. The summed E-state index contributed by atoms with van der Waals surface area (Å²) in [6.07, 6.45) is 1.35. The van der Waals surface area contributed by atoms with E-state index >= 15 is 0 Å². The van der Waals surface area contributed by atoms with Crippen molar-refractivity contribution in [1.29, 1.82) is 5.26 Å². The van der Waals surface area contributed by atoms with E-state index in [1.54, 1.807) is 24.3 Å². The van der Waals surface area contributed by atoms with Gasteiger partial charge in [-0.3, -0.25) is 4.79 Å². The molecule has 0 atom stereocenters. The molecule has 0 aromatic heterocycles. The van der Waals surface area contributed by atoms with Crippen LogP contribution in [0.25, 0.3) is 6.08 Å². The molecule has 5 nitrogen and oxygen atoms in total. The lowest BCUT2D eigenvalue weighted by atomic mass is 10.1. The Morgan fingerprint density at radius 2 is 1.96 bits per heavy atom. The Morgan fingerprint density at radius 1 is 1.29 bits per heavy atom. The van der Waals surface area contributed by atoms with Gasteiger partial charge in [0, 0.05) is 10.7 Å². The summed E-state index contributed by atoms with van der Waals surface area (Å²) in [6, 6.07) is 11.2. The van der Waals surface area contributed by atoms with Gasteiger partial charge in [0.25, 0.3) is 5.91 Å². The van der Waals surface area contributed by atoms with Crippen LogP contribution < -0.4 is 10.1 Å². The fourth-order valence-electron chi connectivity index (χ4n) is 1.88. The van der Waals surface area contributed by atoms with Crippen LogP contribution in [0.2, 0.25) is 10.0 Å². The highest BCUT2D eigenvalue weighted by atomic mass is 35.5. The number of nitrogens with one attached hydrogen (secondary N) is 1. The average Bonchev–Trinajstić information content (AvgIpc) is 2.57. The van der Waals surface area contributed by atoms with Crippen LogP contribution in [0, 0.1) is 11.3 Å². The van der Waals surface area contributed by atoms with Gasteiger partial charge >= 0.3 is 0 Å². The van der Waals surface area contributed by atoms with E-state index in [1.165, 1.54) is 25.3 Å². The van der Waals surface area contributed by atoms with Crippen LogP contribution in [-0.2, 0) is 4.79 Å². The second-order valence-corrected chi connectivity index (χ2v) is 5.53. The quantitative estimate of drug-likeness (QED) is 0.628. The van der Waals surface area contributed by atoms with Gasteiger partial charge < -0.3 is 15.2 Å². The number of nitriles is 1. The molecule has 1 amide bonds. The van der Waals surface area contributed by atoms with E-state index in [0.29, 0.717) is 16.3 Å². The van der Waals surface area contributed by atoms with Crippen LogP contribution in [0.1, 0.15) is 5.56 Å². The van der Waals surface area contributed by atoms with E-state index < -0.39 is 5.91 Å². The first-order valence-corrected chi connectivity index (χ1v) is 7.45. The molecule has 24 heavy (non-hydrogen) atoms. The molecule has 122 valence electrons. The summed E-state index contributed by atoms with van der Waals surface area (Å²) in [7, 11) is 1.37. The number of halogens is 2. The predicted molar refractivity (Wildman–Crippen MR) is 93.3 cm³/mol. The summed E-state index contributed by atoms with van der Waals surface area (Å²) in [5.41, 5.74) is 0.818. The molecule has 0 aliphatic rings. The van der Waals surface area contributed by atoms with Gasteiger partial charge in [-0.1, -0.05) is 23.2 Å². The van der Waals surface area contributed by atoms with Gasteiger partial charge in [0.2, 0.25) is 0 Å². The first kappa shape index (κ1) is 17.7. The van der Waals surface area contributed by atoms with Crippen LogP contribution in [0.5, 0.6) is 11.5 Å². The number of hydrogen-bond donors (Lipinski definition) is 2. The lowest BCUT2D eigenvalue weighted by Gasteiger charge is -2.07. The number of ether oxygens (including phenoxy) is 1. The fourth-order valence-corrected chi connectivity index (χ4v) is 2.22. The summed E-state index contributed by atoms with van der Waals surface area (Å²) < 4.78 is 4.99. The maximum Gasteiger partial charge on any atom is 0.266 e. The molecule has 0 aliphatic heterocycles. The molecule has 2 aromatic rings. The Hall–Kier alpha value is -2.68. The van der Waals surface area contributed by atoms with Crippen molar-refractivity contribution in [3.63, 3.8) is 0 Å². The minimum absolute atomic E-state index is 0.0519. The highest BCUT2D eigenvalue weighted by Crippen LogP contribution is 2.35. The summed E-state index contributed by atoms with van der Waals surface area (Å²) in [4.78, 5) is 12.2. The van der Waals surface area contributed by atoms with Gasteiger partial charge in [-0.25, -0.2) is 0 Å². The normalized spacial score (nSPS) is 10.8. The number of aromatic hydroxyl groups is 1. The van der Waals surface area contributed by atoms with E-state index in [-0.39, 0.29) is 22.1 Å². The zero-order chi connectivity index (χ0) is 17.7. The van der Waals surface area contributed by atoms with E-state index in [1.807, 2.05) is 6.07 Å². The minimum atomic E-state index is -0.581. The SMILES string of the molecule is COc1cc(/C=C(/C#N)C(=O)Nc2ccc(Cl)cc2)cc(Cl)c1O. The third kappa shape index (κ3) is 4.19. The monoisotopic (exact) mass is 362 g/mol. The molecule has 0 unspecified atom stereocenters. The molecule has 0 spiro atoms. The largest absolute Gasteiger partial charge is 0.503 e. The van der Waals surface area contributed by atoms with E-state index in [4.69, 9.17) is 27.9 Å². The summed E-state index contributed by atoms with van der Waals surface area (Å²) in [5, 5.41) is 22.1. The maximum absolute atomic E-state index is 12.2. The smallest absolute Gasteiger partial charge is 0.266 e. The van der Waals surface area contributed by atoms with Crippen LogP contribution in [-0.4, -0.2) is 18.1 Å². The van der Waals surface area contributed by atoms with Gasteiger partial charge in [0.15, 0.2) is 11.5 Å². The number of methoxy groups -OCH3 is 1. The first-order chi connectivity index (χ1) is 11.4. The van der Waals surface area contributed by atoms with Crippen molar-refractivity contribution in [2.24, 2.45) is 0 Å². The van der Waals surface area contributed by atoms with Gasteiger partial charge in [-0.2, -0.15) is 5.26 Å². The zero-order valence-electron chi connectivity index (χ0n) is 12.5. The van der Waals surface area contributed by atoms with Gasteiger partial charge in [-0.15, -0.1) is 0 Å². The number of hydrogen-bond acceptors (Lipinski definition) is 4. The minimum Gasteiger partial charge on any atom is -0.503 e. The number of anilines is 1. The number of phenols is 1. The Morgan fingerprint density at radius 3 is 2.54 bits per heavy atom. The number of carbonyl (C=O) groups is 1. The number of phenolic OH excluding ortho intramolecular Hbond substituents is 1. The molecular weight excluding hydrogens is 351 g/mol. The Balaban J connectivity index is 2.29. The van der Waals surface area contributed by atoms with Crippen molar-refractivity contribution in [3.8, 4) is 17.6 Å². The third-order valence-corrected chi connectivity index (χ3v) is 3.59. The standard InChI is InChI=1S/C17H12Cl2N2O3/c1-24-15-8-10(7-14(19)16(15)22)6-11(9-20)17(23)21-13-4-2-12(18)3-5-13/h2-8,22H,1H3,(H,21,23)/b11-6-. The molecule has 7 heteroatoms. The third-order valence-electron chi connectivity index (χ3n) is 3.05. The Kier molecular flexibility index (Phi) is 5.69. The second kappa shape index (κ2) is 7.73. The highest BCUT2D eigenvalue weighted by molar-refractivity contribution is 6.32. The van der Waals surface area contributed by atoms with Crippen molar-refractivity contribution in [2.75, 3.05) is 12.4 Å². The van der Waals surface area contributed by atoms with Gasteiger partial charge in [-0.05, 0) is 48.0 Å². The molecule has 0 aliphatic carbocycles. The summed E-state index contributed by atoms with van der Waals surface area (Å²) in [5.74, 6) is -0.646. The Bertz CT molecular complexity index is 840. The van der Waals surface area contributed by atoms with Gasteiger partial charge in [0.1, 0.15) is 11.6 Å². The molecule has 0 saturated heterocycles. The first-order valence-electron chi connectivity index (χ1n) is 6.70. The van der Waals surface area contributed by atoms with Crippen molar-refractivity contribution >= 4 is 40.9 Å². The van der Waals surface area contributed by atoms with Crippen molar-refractivity contribution in [1.82, 2.24) is 0 Å². The summed E-state index contributed by atoms with van der Waals surface area (Å²) >= 11 is 11.7. The lowest BCUT2D eigenvalue weighted by Crippen LogP contribution is -2.13. The molecule has 0 heterocycles. The van der Waals surface area contributed by atoms with Crippen molar-refractivity contribution in [2.45, 2.75) is 0 Å². The number of amides is 1. The molecule has 0 saturated carbocycles. The topological polar surface area (TPSA) is 82.3 Å². The molecule has 0 radical (unpaired) electrons. The van der Waals surface area contributed by atoms with Crippen LogP contribution in [0.4, 0.5) is 5.69 Å². The number of benzene rings is 2. The molecule has 0 fully saturated rings. The molecule has 0 bridgehead atoms. The summed E-state index contributed by atoms with van der Waals surface area (Å²) in [6.45, 7) is 0. The molecule has 2 N–H and O–H groups in total. The Labute approximate surface area is 148 Å². The van der Waals surface area contributed by atoms with Crippen LogP contribution >= 0.6 is 23.2 Å². The van der Waals surface area contributed by atoms with Crippen molar-refractivity contribution in [3.05, 3.63) is 57.6 Å². The number of rotatable bonds is 4. The molecule has 2 aromatic carbocycles. The molecular formula is C17H12Cl2N2O3. The second-order valence-electron chi connectivity index (χ2n) is 4.68. The van der Waals surface area contributed by atoms with Crippen molar-refractivity contribution < 1.29 is 14.6 Å². The average molecular weight is 363 g/mol. The fraction of sp³-hybridized carbons (Fsp3) is 0.0588. The van der Waals surface area contributed by atoms with Crippen LogP contribution in [0.3, 0.4) is 0 Å². The highest BCUT2D eigenvalue weighted by Gasteiger charge is 2.12. The lowest BCUT2D eigenvalue weighted by molar-refractivity contribution is -0.112. The zero-order valence-corrected chi connectivity index (χ0v) is 14.0. The number of nitrogens with zero attached hydrogens (tertiary/aromatic N) is 1. The van der Waals surface area contributed by atoms with E-state index in [2.05, 4.69) is 5.32 Å². The van der Waals surface area contributed by atoms with E-state index in [0.717, 1.165) is 0 Å². The van der Waals surface area contributed by atoms with E-state index in [9.17, 15) is 15.2 Å². The number of carbonyl (C=O) groups excluding carboxylic acids is 1. The maximum atomic E-state index is 12.2. The van der Waals surface area contributed by atoms with Crippen LogP contribution in [0.15, 0.2) is 42.0 Å². The molecule has 2 rings (SSSR count). The van der Waals surface area contributed by atoms with Gasteiger partial charge in [0.05, 0.1) is 12.1 Å².